The van der Waals surface area contributed by atoms with E-state index in [1.807, 2.05) is 32.0 Å². The Hall–Kier alpha value is -1.05. The highest BCUT2D eigenvalue weighted by Gasteiger charge is 2.07. The Balaban J connectivity index is 0.000000336. The first-order valence-corrected chi connectivity index (χ1v) is 4.27. The maximum absolute atomic E-state index is 5.54. The molecule has 1 aromatic rings. The smallest absolute Gasteiger partial charge is 0.136 e. The van der Waals surface area contributed by atoms with Gasteiger partial charge in [0.15, 0.2) is 0 Å². The van der Waals surface area contributed by atoms with E-state index in [9.17, 15) is 0 Å². The molecule has 1 heterocycles. The fourth-order valence-electron chi connectivity index (χ4n) is 1.16. The Morgan fingerprint density at radius 1 is 1.25 bits per heavy atom. The van der Waals surface area contributed by atoms with Gasteiger partial charge in [0.05, 0.1) is 5.69 Å². The van der Waals surface area contributed by atoms with Crippen molar-refractivity contribution >= 4 is 19.1 Å². The summed E-state index contributed by atoms with van der Waals surface area (Å²) in [5.74, 6) is 0. The molecule has 0 bridgehead atoms. The predicted octanol–water partition coefficient (Wildman–Crippen LogP) is 2.47. The number of benzene rings is 1. The van der Waals surface area contributed by atoms with Gasteiger partial charge < -0.3 is 0 Å². The minimum Gasteiger partial charge on any atom is -0.269 e. The van der Waals surface area contributed by atoms with E-state index in [2.05, 4.69) is 11.1 Å². The number of rotatable bonds is 0. The fraction of sp³-hybridized carbons (Fsp3) is 0.300. The van der Waals surface area contributed by atoms with Gasteiger partial charge in [-0.1, -0.05) is 32.0 Å². The Morgan fingerprint density at radius 3 is 2.58 bits per heavy atom. The first-order chi connectivity index (χ1) is 5.86. The summed E-state index contributed by atoms with van der Waals surface area (Å²) in [6.45, 7) is 4.00. The number of aliphatic imine (C=N–C) groups is 1. The van der Waals surface area contributed by atoms with Crippen molar-refractivity contribution in [1.29, 1.82) is 0 Å². The van der Waals surface area contributed by atoms with Gasteiger partial charge in [0.25, 0.3) is 0 Å². The van der Waals surface area contributed by atoms with Crippen molar-refractivity contribution in [3.63, 3.8) is 0 Å². The zero-order valence-corrected chi connectivity index (χ0v) is 7.54. The highest BCUT2D eigenvalue weighted by atomic mass is 14.8. The van der Waals surface area contributed by atoms with Crippen LogP contribution in [0.25, 0.3) is 0 Å². The minimum absolute atomic E-state index is 0.723. The second kappa shape index (κ2) is 4.10. The second-order valence-electron chi connectivity index (χ2n) is 2.41. The number of hydrogen-bond donors (Lipinski definition) is 0. The van der Waals surface area contributed by atoms with Gasteiger partial charge in [0, 0.05) is 6.42 Å². The average molecular weight is 157 g/mol. The summed E-state index contributed by atoms with van der Waals surface area (Å²) in [5.41, 5.74) is 2.99. The molecule has 0 fully saturated rings. The largest absolute Gasteiger partial charge is 0.269 e. The molecule has 0 spiro atoms. The van der Waals surface area contributed by atoms with Gasteiger partial charge in [0.2, 0.25) is 0 Å². The van der Waals surface area contributed by atoms with E-state index in [1.54, 1.807) is 0 Å². The normalized spacial score (nSPS) is 12.7. The van der Waals surface area contributed by atoms with Crippen LogP contribution in [0.1, 0.15) is 19.4 Å². The average Bonchev–Trinajstić information content (AvgIpc) is 2.48. The van der Waals surface area contributed by atoms with E-state index in [4.69, 9.17) is 7.85 Å². The van der Waals surface area contributed by atoms with E-state index >= 15 is 0 Å². The third-order valence-electron chi connectivity index (χ3n) is 1.63. The van der Waals surface area contributed by atoms with E-state index < -0.39 is 0 Å². The fourth-order valence-corrected chi connectivity index (χ4v) is 1.16. The van der Waals surface area contributed by atoms with Crippen LogP contribution in [0.15, 0.2) is 29.3 Å². The highest BCUT2D eigenvalue weighted by Crippen LogP contribution is 2.24. The van der Waals surface area contributed by atoms with Crippen molar-refractivity contribution in [3.8, 4) is 0 Å². The summed E-state index contributed by atoms with van der Waals surface area (Å²) in [6, 6.07) is 8.02. The summed E-state index contributed by atoms with van der Waals surface area (Å²) in [4.78, 5) is 4.15. The van der Waals surface area contributed by atoms with Crippen LogP contribution in [0.2, 0.25) is 0 Å². The molecule has 0 atom stereocenters. The third kappa shape index (κ3) is 1.76. The van der Waals surface area contributed by atoms with Crippen molar-refractivity contribution in [2.45, 2.75) is 20.3 Å². The van der Waals surface area contributed by atoms with Gasteiger partial charge in [-0.25, -0.2) is 0 Å². The molecule has 2 rings (SSSR count). The minimum atomic E-state index is 0.723. The van der Waals surface area contributed by atoms with Crippen LogP contribution in [0.4, 0.5) is 5.69 Å². The summed E-state index contributed by atoms with van der Waals surface area (Å²) < 4.78 is 0. The molecule has 2 radical (unpaired) electrons. The quantitative estimate of drug-likeness (QED) is 0.513. The van der Waals surface area contributed by atoms with Crippen molar-refractivity contribution in [2.24, 2.45) is 4.99 Å². The van der Waals surface area contributed by atoms with Crippen LogP contribution in [0.3, 0.4) is 0 Å². The monoisotopic (exact) mass is 157 g/mol. The standard InChI is InChI=1S/C8H6BN.C2H6/c9-8-5-6-3-1-2-4-7(6)10-8;1-2/h1-4H,5H2;1-2H3. The molecule has 0 aromatic heterocycles. The molecule has 0 N–H and O–H groups in total. The molecule has 0 saturated carbocycles. The lowest BCUT2D eigenvalue weighted by Crippen LogP contribution is -1.94. The van der Waals surface area contributed by atoms with Crippen LogP contribution in [0, 0.1) is 0 Å². The molecule has 60 valence electrons. The number of para-hydroxylation sites is 1. The zero-order chi connectivity index (χ0) is 8.97. The molecule has 2 heteroatoms. The molecule has 0 unspecified atom stereocenters. The van der Waals surface area contributed by atoms with Crippen LogP contribution >= 0.6 is 0 Å². The SMILES string of the molecule is CC.[B]C1=Nc2ccccc2C1. The molecule has 1 aliphatic rings. The highest BCUT2D eigenvalue weighted by molar-refractivity contribution is 6.60. The van der Waals surface area contributed by atoms with Crippen LogP contribution in [0.5, 0.6) is 0 Å². The predicted molar refractivity (Wildman–Crippen MR) is 54.3 cm³/mol. The van der Waals surface area contributed by atoms with Gasteiger partial charge in [0.1, 0.15) is 7.85 Å². The Kier molecular flexibility index (Phi) is 3.09. The lowest BCUT2D eigenvalue weighted by molar-refractivity contribution is 1.41. The maximum Gasteiger partial charge on any atom is 0.136 e. The van der Waals surface area contributed by atoms with Crippen molar-refractivity contribution in [3.05, 3.63) is 29.8 Å². The summed E-state index contributed by atoms with van der Waals surface area (Å²) >= 11 is 0. The molecule has 1 aliphatic heterocycles. The first kappa shape index (κ1) is 9.05. The van der Waals surface area contributed by atoms with E-state index in [-0.39, 0.29) is 0 Å². The van der Waals surface area contributed by atoms with E-state index in [0.29, 0.717) is 0 Å². The van der Waals surface area contributed by atoms with E-state index in [0.717, 1.165) is 17.7 Å². The summed E-state index contributed by atoms with van der Waals surface area (Å²) in [6.07, 6.45) is 0.816. The second-order valence-corrected chi connectivity index (χ2v) is 2.41. The number of hydrogen-bond acceptors (Lipinski definition) is 1. The van der Waals surface area contributed by atoms with Gasteiger partial charge in [-0.05, 0) is 17.2 Å². The molecule has 0 amide bonds. The number of fused-ring (bicyclic) bond motifs is 1. The van der Waals surface area contributed by atoms with Gasteiger partial charge in [-0.15, -0.1) is 0 Å². The van der Waals surface area contributed by atoms with Crippen LogP contribution in [-0.4, -0.2) is 13.5 Å². The van der Waals surface area contributed by atoms with Crippen LogP contribution in [-0.2, 0) is 6.42 Å². The van der Waals surface area contributed by atoms with Gasteiger partial charge >= 0.3 is 0 Å². The van der Waals surface area contributed by atoms with Crippen LogP contribution < -0.4 is 0 Å². The molecular weight excluding hydrogens is 145 g/mol. The Labute approximate surface area is 74.9 Å². The Morgan fingerprint density at radius 2 is 1.92 bits per heavy atom. The molecule has 0 aliphatic carbocycles. The third-order valence-corrected chi connectivity index (χ3v) is 1.63. The lowest BCUT2D eigenvalue weighted by Gasteiger charge is -1.91. The summed E-state index contributed by atoms with van der Waals surface area (Å²) in [7, 11) is 5.54. The maximum atomic E-state index is 5.54. The van der Waals surface area contributed by atoms with Gasteiger partial charge in [-0.2, -0.15) is 0 Å². The summed E-state index contributed by atoms with van der Waals surface area (Å²) in [5, 5.41) is 0. The topological polar surface area (TPSA) is 12.4 Å². The molecule has 1 aromatic carbocycles. The first-order valence-electron chi connectivity index (χ1n) is 4.27. The zero-order valence-electron chi connectivity index (χ0n) is 7.54. The lowest BCUT2D eigenvalue weighted by atomic mass is 9.97. The van der Waals surface area contributed by atoms with Gasteiger partial charge in [-0.3, -0.25) is 4.99 Å². The van der Waals surface area contributed by atoms with Crippen molar-refractivity contribution < 1.29 is 0 Å². The van der Waals surface area contributed by atoms with Crippen molar-refractivity contribution in [1.82, 2.24) is 0 Å². The molecule has 1 nitrogen and oxygen atoms in total. The molecule has 12 heavy (non-hydrogen) atoms. The van der Waals surface area contributed by atoms with Crippen molar-refractivity contribution in [2.75, 3.05) is 0 Å². The molecule has 0 saturated heterocycles. The van der Waals surface area contributed by atoms with E-state index in [1.165, 1.54) is 5.56 Å². The Bertz CT molecular complexity index is 292. The number of nitrogens with zero attached hydrogens (tertiary/aromatic N) is 1. The molecular formula is C10H12BN.